The van der Waals surface area contributed by atoms with Crippen molar-refractivity contribution in [1.29, 1.82) is 0 Å². The molecule has 0 aliphatic heterocycles. The van der Waals surface area contributed by atoms with E-state index in [0.29, 0.717) is 0 Å². The predicted octanol–water partition coefficient (Wildman–Crippen LogP) is 3.24. The van der Waals surface area contributed by atoms with Crippen molar-refractivity contribution in [2.24, 2.45) is 0 Å². The molecule has 76 valence electrons. The van der Waals surface area contributed by atoms with Crippen LogP contribution in [0.2, 0.25) is 0 Å². The maximum atomic E-state index is 8.91. The molecule has 1 aromatic carbocycles. The van der Waals surface area contributed by atoms with E-state index in [1.807, 2.05) is 24.3 Å². The number of allylic oxidation sites excluding steroid dienone is 1. The molecule has 0 saturated carbocycles. The molecule has 0 atom stereocenters. The molecule has 0 fully saturated rings. The Morgan fingerprint density at radius 1 is 1.29 bits per heavy atom. The zero-order valence-corrected chi connectivity index (χ0v) is 9.70. The van der Waals surface area contributed by atoms with E-state index in [1.54, 1.807) is 0 Å². The molecule has 0 radical (unpaired) electrons. The highest BCUT2D eigenvalue weighted by Gasteiger charge is 1.99. The number of rotatable bonds is 5. The van der Waals surface area contributed by atoms with Crippen LogP contribution in [0.4, 0.5) is 0 Å². The predicted molar refractivity (Wildman–Crippen MR) is 64.5 cm³/mol. The largest absolute Gasteiger partial charge is 0.392 e. The van der Waals surface area contributed by atoms with Crippen LogP contribution in [0.15, 0.2) is 36.4 Å². The number of aliphatic hydroxyl groups excluding tert-OH is 1. The topological polar surface area (TPSA) is 20.2 Å². The number of hydrogen-bond acceptors (Lipinski definition) is 1. The summed E-state index contributed by atoms with van der Waals surface area (Å²) in [6.45, 7) is 0.118. The van der Waals surface area contributed by atoms with Crippen molar-refractivity contribution in [2.75, 3.05) is 11.9 Å². The minimum atomic E-state index is 0.118. The van der Waals surface area contributed by atoms with Gasteiger partial charge in [-0.15, -0.1) is 0 Å². The van der Waals surface area contributed by atoms with Gasteiger partial charge >= 0.3 is 0 Å². The molecule has 1 aromatic rings. The Bertz CT molecular complexity index is 280. The van der Waals surface area contributed by atoms with E-state index in [9.17, 15) is 0 Å². The summed E-state index contributed by atoms with van der Waals surface area (Å²) in [6.07, 6.45) is 3.99. The van der Waals surface area contributed by atoms with E-state index < -0.39 is 0 Å². The van der Waals surface area contributed by atoms with Gasteiger partial charge < -0.3 is 5.11 Å². The van der Waals surface area contributed by atoms with Gasteiger partial charge in [-0.2, -0.15) is 0 Å². The van der Waals surface area contributed by atoms with Gasteiger partial charge in [0.05, 0.1) is 6.61 Å². The molecule has 0 bridgehead atoms. The minimum Gasteiger partial charge on any atom is -0.392 e. The van der Waals surface area contributed by atoms with Gasteiger partial charge in [-0.25, -0.2) is 0 Å². The molecular weight excluding hydrogens is 240 g/mol. The van der Waals surface area contributed by atoms with Crippen molar-refractivity contribution in [2.45, 2.75) is 12.8 Å². The molecule has 0 amide bonds. The number of aliphatic hydroxyl groups is 1. The summed E-state index contributed by atoms with van der Waals surface area (Å²) >= 11 is 3.41. The van der Waals surface area contributed by atoms with Gasteiger partial charge in [0.25, 0.3) is 0 Å². The Kier molecular flexibility index (Phi) is 5.57. The summed E-state index contributed by atoms with van der Waals surface area (Å²) in [5.41, 5.74) is 2.44. The lowest BCUT2D eigenvalue weighted by Crippen LogP contribution is -1.88. The summed E-state index contributed by atoms with van der Waals surface area (Å²) in [4.78, 5) is 0. The maximum Gasteiger partial charge on any atom is 0.0618 e. The third-order valence-corrected chi connectivity index (χ3v) is 2.62. The van der Waals surface area contributed by atoms with Gasteiger partial charge in [0.15, 0.2) is 0 Å². The Hall–Kier alpha value is -0.600. The van der Waals surface area contributed by atoms with Crippen molar-refractivity contribution in [3.8, 4) is 0 Å². The summed E-state index contributed by atoms with van der Waals surface area (Å²) in [6, 6.07) is 10.2. The average molecular weight is 255 g/mol. The zero-order valence-electron chi connectivity index (χ0n) is 8.12. The molecule has 0 spiro atoms. The molecule has 2 heteroatoms. The van der Waals surface area contributed by atoms with Gasteiger partial charge in [0.1, 0.15) is 0 Å². The molecule has 1 rings (SSSR count). The molecule has 1 nitrogen and oxygen atoms in total. The van der Waals surface area contributed by atoms with Crippen LogP contribution in [0.5, 0.6) is 0 Å². The Balaban J connectivity index is 2.73. The number of hydrogen-bond donors (Lipinski definition) is 1. The summed E-state index contributed by atoms with van der Waals surface area (Å²) < 4.78 is 0. The molecule has 0 aliphatic carbocycles. The van der Waals surface area contributed by atoms with Crippen LogP contribution in [-0.2, 0) is 0 Å². The minimum absolute atomic E-state index is 0.118. The van der Waals surface area contributed by atoms with Gasteiger partial charge in [0, 0.05) is 5.33 Å². The Morgan fingerprint density at radius 3 is 2.57 bits per heavy atom. The van der Waals surface area contributed by atoms with Crippen LogP contribution < -0.4 is 0 Å². The summed E-state index contributed by atoms with van der Waals surface area (Å²) in [7, 11) is 0. The van der Waals surface area contributed by atoms with E-state index in [1.165, 1.54) is 11.1 Å². The van der Waals surface area contributed by atoms with E-state index in [0.717, 1.165) is 18.2 Å². The first-order valence-electron chi connectivity index (χ1n) is 4.79. The lowest BCUT2D eigenvalue weighted by atomic mass is 10.0. The molecule has 0 saturated heterocycles. The normalized spacial score (nSPS) is 11.7. The second kappa shape index (κ2) is 6.80. The number of halogens is 1. The first kappa shape index (κ1) is 11.5. The molecular formula is C12H15BrO. The molecule has 1 N–H and O–H groups in total. The monoisotopic (exact) mass is 254 g/mol. The molecule has 0 unspecified atom stereocenters. The third kappa shape index (κ3) is 3.64. The molecule has 0 aliphatic rings. The van der Waals surface area contributed by atoms with Crippen LogP contribution in [0.25, 0.3) is 5.57 Å². The van der Waals surface area contributed by atoms with Crippen LogP contribution in [-0.4, -0.2) is 17.0 Å². The first-order valence-corrected chi connectivity index (χ1v) is 5.92. The van der Waals surface area contributed by atoms with Crippen LogP contribution in [0.3, 0.4) is 0 Å². The highest BCUT2D eigenvalue weighted by molar-refractivity contribution is 9.09. The first-order chi connectivity index (χ1) is 6.88. The average Bonchev–Trinajstić information content (AvgIpc) is 2.25. The van der Waals surface area contributed by atoms with Crippen LogP contribution in [0, 0.1) is 0 Å². The highest BCUT2D eigenvalue weighted by Crippen LogP contribution is 2.19. The number of benzene rings is 1. The highest BCUT2D eigenvalue weighted by atomic mass is 79.9. The van der Waals surface area contributed by atoms with Crippen molar-refractivity contribution in [3.05, 3.63) is 42.0 Å². The molecule has 0 heterocycles. The third-order valence-electron chi connectivity index (χ3n) is 2.06. The Morgan fingerprint density at radius 2 is 2.00 bits per heavy atom. The molecule has 14 heavy (non-hydrogen) atoms. The van der Waals surface area contributed by atoms with Crippen molar-refractivity contribution >= 4 is 21.5 Å². The lowest BCUT2D eigenvalue weighted by molar-refractivity contribution is 0.343. The van der Waals surface area contributed by atoms with Crippen molar-refractivity contribution < 1.29 is 5.11 Å². The summed E-state index contributed by atoms with van der Waals surface area (Å²) in [5, 5.41) is 9.91. The second-order valence-electron chi connectivity index (χ2n) is 3.07. The lowest BCUT2D eigenvalue weighted by Gasteiger charge is -2.06. The van der Waals surface area contributed by atoms with Gasteiger partial charge in [-0.3, -0.25) is 0 Å². The van der Waals surface area contributed by atoms with Gasteiger partial charge in [-0.1, -0.05) is 52.3 Å². The standard InChI is InChI=1S/C12H15BrO/c13-9-4-7-12(8-10-14)11-5-2-1-3-6-11/h1-3,5-6,8,14H,4,7,9-10H2/b12-8+. The fraction of sp³-hybridized carbons (Fsp3) is 0.333. The van der Waals surface area contributed by atoms with E-state index in [4.69, 9.17) is 5.11 Å². The zero-order chi connectivity index (χ0) is 10.2. The van der Waals surface area contributed by atoms with Crippen molar-refractivity contribution in [1.82, 2.24) is 0 Å². The SMILES string of the molecule is OC/C=C(\CCCBr)c1ccccc1. The van der Waals surface area contributed by atoms with Crippen LogP contribution >= 0.6 is 15.9 Å². The van der Waals surface area contributed by atoms with Crippen LogP contribution in [0.1, 0.15) is 18.4 Å². The Labute approximate surface area is 93.6 Å². The summed E-state index contributed by atoms with van der Waals surface area (Å²) in [5.74, 6) is 0. The van der Waals surface area contributed by atoms with Gasteiger partial charge in [0.2, 0.25) is 0 Å². The molecule has 0 aromatic heterocycles. The second-order valence-corrected chi connectivity index (χ2v) is 3.86. The van der Waals surface area contributed by atoms with E-state index in [-0.39, 0.29) is 6.61 Å². The number of alkyl halides is 1. The van der Waals surface area contributed by atoms with E-state index >= 15 is 0 Å². The van der Waals surface area contributed by atoms with Gasteiger partial charge in [-0.05, 0) is 24.0 Å². The quantitative estimate of drug-likeness (QED) is 0.801. The fourth-order valence-corrected chi connectivity index (χ4v) is 1.66. The van der Waals surface area contributed by atoms with Crippen molar-refractivity contribution in [3.63, 3.8) is 0 Å². The van der Waals surface area contributed by atoms with E-state index in [2.05, 4.69) is 28.1 Å². The fourth-order valence-electron chi connectivity index (χ4n) is 1.38. The maximum absolute atomic E-state index is 8.91. The smallest absolute Gasteiger partial charge is 0.0618 e.